The molecule has 0 atom stereocenters. The van der Waals surface area contributed by atoms with Gasteiger partial charge in [-0.05, 0) is 43.7 Å². The maximum atomic E-state index is 13.2. The van der Waals surface area contributed by atoms with E-state index in [0.717, 1.165) is 5.01 Å². The lowest BCUT2D eigenvalue weighted by molar-refractivity contribution is 0.102. The first-order valence-electron chi connectivity index (χ1n) is 8.87. The molecule has 29 heavy (non-hydrogen) atoms. The van der Waals surface area contributed by atoms with Gasteiger partial charge in [-0.1, -0.05) is 48.1 Å². The molecule has 0 spiro atoms. The molecule has 1 N–H and O–H groups in total. The minimum Gasteiger partial charge on any atom is -0.296 e. The molecule has 0 aliphatic heterocycles. The van der Waals surface area contributed by atoms with E-state index in [9.17, 15) is 13.2 Å². The minimum absolute atomic E-state index is 0.0238. The molecular formula is C19H19ClN4O3S2. The van der Waals surface area contributed by atoms with E-state index in [4.69, 9.17) is 11.6 Å². The number of halogens is 1. The molecule has 7 nitrogen and oxygen atoms in total. The summed E-state index contributed by atoms with van der Waals surface area (Å²) in [5, 5.41) is 11.7. The molecule has 1 amide bonds. The zero-order chi connectivity index (χ0) is 21.0. The van der Waals surface area contributed by atoms with Gasteiger partial charge in [0.15, 0.2) is 0 Å². The van der Waals surface area contributed by atoms with E-state index in [2.05, 4.69) is 15.5 Å². The third-order valence-corrected chi connectivity index (χ3v) is 7.30. The fraction of sp³-hybridized carbons (Fsp3) is 0.211. The molecule has 0 bridgehead atoms. The molecule has 0 fully saturated rings. The number of amides is 1. The topological polar surface area (TPSA) is 92.3 Å². The molecule has 10 heteroatoms. The molecule has 1 heterocycles. The highest BCUT2D eigenvalue weighted by atomic mass is 35.5. The molecule has 0 saturated heterocycles. The predicted octanol–water partition coefficient (Wildman–Crippen LogP) is 4.22. The van der Waals surface area contributed by atoms with Crippen molar-refractivity contribution in [1.82, 2.24) is 10.2 Å². The number of nitrogens with zero attached hydrogens (tertiary/aromatic N) is 3. The molecule has 0 aliphatic carbocycles. The molecule has 0 radical (unpaired) electrons. The summed E-state index contributed by atoms with van der Waals surface area (Å²) in [4.78, 5) is 12.6. The van der Waals surface area contributed by atoms with Crippen LogP contribution in [0.3, 0.4) is 0 Å². The second-order valence-electron chi connectivity index (χ2n) is 5.96. The summed E-state index contributed by atoms with van der Waals surface area (Å²) in [6.45, 7) is 3.92. The second kappa shape index (κ2) is 8.89. The summed E-state index contributed by atoms with van der Waals surface area (Å²) >= 11 is 7.42. The fourth-order valence-electron chi connectivity index (χ4n) is 2.66. The number of hydrogen-bond acceptors (Lipinski definition) is 6. The van der Waals surface area contributed by atoms with Gasteiger partial charge in [-0.15, -0.1) is 10.2 Å². The van der Waals surface area contributed by atoms with Crippen molar-refractivity contribution in [2.45, 2.75) is 25.2 Å². The van der Waals surface area contributed by atoms with Crippen LogP contribution in [0.1, 0.15) is 29.2 Å². The van der Waals surface area contributed by atoms with Crippen LogP contribution in [-0.4, -0.2) is 31.1 Å². The average Bonchev–Trinajstić information content (AvgIpc) is 3.16. The van der Waals surface area contributed by atoms with Crippen LogP contribution in [0.2, 0.25) is 5.02 Å². The molecule has 2 aromatic carbocycles. The molecule has 0 unspecified atom stereocenters. The Bertz CT molecular complexity index is 1120. The van der Waals surface area contributed by atoms with Gasteiger partial charge in [-0.25, -0.2) is 8.42 Å². The summed E-state index contributed by atoms with van der Waals surface area (Å²) in [6, 6.07) is 12.8. The highest BCUT2D eigenvalue weighted by molar-refractivity contribution is 7.92. The van der Waals surface area contributed by atoms with Crippen LogP contribution in [-0.2, 0) is 16.4 Å². The van der Waals surface area contributed by atoms with Gasteiger partial charge in [-0.2, -0.15) is 0 Å². The number of sulfonamides is 1. The molecule has 0 saturated carbocycles. The van der Waals surface area contributed by atoms with E-state index >= 15 is 0 Å². The molecular weight excluding hydrogens is 432 g/mol. The third kappa shape index (κ3) is 4.58. The van der Waals surface area contributed by atoms with Gasteiger partial charge < -0.3 is 0 Å². The average molecular weight is 451 g/mol. The summed E-state index contributed by atoms with van der Waals surface area (Å²) in [6.07, 6.45) is 0.703. The maximum absolute atomic E-state index is 13.2. The smallest absolute Gasteiger partial charge is 0.264 e. The molecule has 3 rings (SSSR count). The zero-order valence-electron chi connectivity index (χ0n) is 15.8. The lowest BCUT2D eigenvalue weighted by Crippen LogP contribution is -2.31. The van der Waals surface area contributed by atoms with Crippen LogP contribution in [0.4, 0.5) is 10.8 Å². The van der Waals surface area contributed by atoms with E-state index < -0.39 is 15.9 Å². The van der Waals surface area contributed by atoms with E-state index in [-0.39, 0.29) is 22.0 Å². The van der Waals surface area contributed by atoms with E-state index in [1.807, 2.05) is 13.0 Å². The number of para-hydroxylation sites is 1. The quantitative estimate of drug-likeness (QED) is 0.581. The van der Waals surface area contributed by atoms with E-state index in [0.29, 0.717) is 17.2 Å². The third-order valence-electron chi connectivity index (χ3n) is 4.09. The van der Waals surface area contributed by atoms with Crippen LogP contribution in [0.15, 0.2) is 53.4 Å². The van der Waals surface area contributed by atoms with Gasteiger partial charge in [0.1, 0.15) is 5.01 Å². The largest absolute Gasteiger partial charge is 0.296 e. The van der Waals surface area contributed by atoms with Crippen LogP contribution < -0.4 is 9.62 Å². The van der Waals surface area contributed by atoms with Crippen LogP contribution in [0.25, 0.3) is 0 Å². The van der Waals surface area contributed by atoms with Gasteiger partial charge in [0, 0.05) is 6.54 Å². The van der Waals surface area contributed by atoms with Crippen molar-refractivity contribution < 1.29 is 13.2 Å². The van der Waals surface area contributed by atoms with Crippen molar-refractivity contribution in [3.8, 4) is 0 Å². The number of benzene rings is 2. The first-order valence-corrected chi connectivity index (χ1v) is 11.5. The number of hydrogen-bond donors (Lipinski definition) is 1. The lowest BCUT2D eigenvalue weighted by Gasteiger charge is -2.23. The van der Waals surface area contributed by atoms with Crippen LogP contribution >= 0.6 is 22.9 Å². The molecule has 3 aromatic rings. The predicted molar refractivity (Wildman–Crippen MR) is 115 cm³/mol. The number of carbonyl (C=O) groups excluding carboxylic acids is 1. The molecule has 152 valence electrons. The number of carbonyl (C=O) groups is 1. The second-order valence-corrected chi connectivity index (χ2v) is 9.29. The summed E-state index contributed by atoms with van der Waals surface area (Å²) < 4.78 is 27.6. The normalized spacial score (nSPS) is 11.3. The van der Waals surface area contributed by atoms with Crippen LogP contribution in [0.5, 0.6) is 0 Å². The molecule has 1 aromatic heterocycles. The Labute approximate surface area is 178 Å². The minimum atomic E-state index is -3.88. The van der Waals surface area contributed by atoms with Gasteiger partial charge in [0.05, 0.1) is 21.2 Å². The Morgan fingerprint density at radius 1 is 1.14 bits per heavy atom. The van der Waals surface area contributed by atoms with Crippen molar-refractivity contribution in [2.24, 2.45) is 0 Å². The SMILES string of the molecule is CCc1nnc(NC(=O)c2cc(S(=O)(=O)N(CC)c3ccccc3)ccc2Cl)s1. The Morgan fingerprint density at radius 3 is 2.48 bits per heavy atom. The fourth-order valence-corrected chi connectivity index (χ4v) is 5.04. The van der Waals surface area contributed by atoms with Crippen molar-refractivity contribution in [2.75, 3.05) is 16.2 Å². The Kier molecular flexibility index (Phi) is 6.51. The first-order chi connectivity index (χ1) is 13.9. The number of anilines is 2. The lowest BCUT2D eigenvalue weighted by atomic mass is 10.2. The highest BCUT2D eigenvalue weighted by Crippen LogP contribution is 2.27. The van der Waals surface area contributed by atoms with Crippen molar-refractivity contribution in [3.63, 3.8) is 0 Å². The summed E-state index contributed by atoms with van der Waals surface area (Å²) in [5.74, 6) is -0.548. The van der Waals surface area contributed by atoms with Gasteiger partial charge in [0.2, 0.25) is 5.13 Å². The Hall–Kier alpha value is -2.49. The van der Waals surface area contributed by atoms with E-state index in [1.54, 1.807) is 31.2 Å². The standard InChI is InChI=1S/C19H19ClN4O3S2/c1-3-17-22-23-19(28-17)21-18(25)15-12-14(10-11-16(15)20)29(26,27)24(4-2)13-8-6-5-7-9-13/h5-12H,3-4H2,1-2H3,(H,21,23,25). The first kappa shape index (κ1) is 21.2. The van der Waals surface area contributed by atoms with Crippen molar-refractivity contribution >= 4 is 49.7 Å². The van der Waals surface area contributed by atoms with E-state index in [1.165, 1.54) is 33.8 Å². The van der Waals surface area contributed by atoms with Crippen molar-refractivity contribution in [1.29, 1.82) is 0 Å². The van der Waals surface area contributed by atoms with Gasteiger partial charge in [0.25, 0.3) is 15.9 Å². The molecule has 0 aliphatic rings. The zero-order valence-corrected chi connectivity index (χ0v) is 18.2. The Morgan fingerprint density at radius 2 is 1.86 bits per heavy atom. The summed E-state index contributed by atoms with van der Waals surface area (Å²) in [5.41, 5.74) is 0.585. The van der Waals surface area contributed by atoms with Gasteiger partial charge in [-0.3, -0.25) is 14.4 Å². The van der Waals surface area contributed by atoms with Crippen LogP contribution in [0, 0.1) is 0 Å². The Balaban J connectivity index is 1.94. The maximum Gasteiger partial charge on any atom is 0.264 e. The number of nitrogens with one attached hydrogen (secondary N) is 1. The number of aromatic nitrogens is 2. The van der Waals surface area contributed by atoms with Crippen molar-refractivity contribution in [3.05, 3.63) is 64.1 Å². The van der Waals surface area contributed by atoms with Gasteiger partial charge >= 0.3 is 0 Å². The summed E-state index contributed by atoms with van der Waals surface area (Å²) in [7, 11) is -3.88. The highest BCUT2D eigenvalue weighted by Gasteiger charge is 2.25. The number of aryl methyl sites for hydroxylation is 1. The monoisotopic (exact) mass is 450 g/mol. The number of rotatable bonds is 7.